The van der Waals surface area contributed by atoms with Gasteiger partial charge in [0.2, 0.25) is 0 Å². The van der Waals surface area contributed by atoms with Crippen molar-refractivity contribution in [2.24, 2.45) is 5.92 Å². The second-order valence-corrected chi connectivity index (χ2v) is 7.56. The summed E-state index contributed by atoms with van der Waals surface area (Å²) in [6.45, 7) is 2.29. The summed E-state index contributed by atoms with van der Waals surface area (Å²) >= 11 is 0. The fourth-order valence-corrected chi connectivity index (χ4v) is 3.88. The van der Waals surface area contributed by atoms with Crippen LogP contribution in [0.3, 0.4) is 0 Å². The molecule has 4 atom stereocenters. The Balaban J connectivity index is 1.95. The number of aldehydes is 2. The number of benzene rings is 1. The summed E-state index contributed by atoms with van der Waals surface area (Å²) in [5.74, 6) is 0.654. The number of carbonyl (C=O) groups excluding carboxylic acids is 3. The SMILES string of the molecule is CNC(=O)N(/C=C\C=O)C1OC(COP(NCC=O)Oc2ccccc2)CC1C. The molecule has 10 heteroatoms. The lowest BCUT2D eigenvalue weighted by Crippen LogP contribution is -2.44. The number of para-hydroxylation sites is 1. The molecule has 0 aromatic heterocycles. The van der Waals surface area contributed by atoms with Crippen LogP contribution in [0.2, 0.25) is 0 Å². The Bertz CT molecular complexity index is 690. The van der Waals surface area contributed by atoms with Crippen LogP contribution in [0.15, 0.2) is 42.6 Å². The highest BCUT2D eigenvalue weighted by Gasteiger charge is 2.38. The molecule has 158 valence electrons. The first-order valence-corrected chi connectivity index (χ1v) is 10.4. The van der Waals surface area contributed by atoms with E-state index in [9.17, 15) is 14.4 Å². The molecule has 1 fully saturated rings. The van der Waals surface area contributed by atoms with Crippen molar-refractivity contribution in [1.82, 2.24) is 15.3 Å². The van der Waals surface area contributed by atoms with Crippen molar-refractivity contribution in [2.45, 2.75) is 25.7 Å². The van der Waals surface area contributed by atoms with Crippen LogP contribution in [-0.2, 0) is 18.8 Å². The number of hydrogen-bond donors (Lipinski definition) is 2. The number of nitrogens with zero attached hydrogens (tertiary/aromatic N) is 1. The third-order valence-corrected chi connectivity index (χ3v) is 5.32. The highest BCUT2D eigenvalue weighted by atomic mass is 31.2. The van der Waals surface area contributed by atoms with Crippen molar-refractivity contribution in [3.05, 3.63) is 42.6 Å². The number of allylic oxidation sites excluding steroid dienone is 1. The molecular formula is C19H26N3O6P. The molecule has 0 spiro atoms. The highest BCUT2D eigenvalue weighted by molar-refractivity contribution is 7.45. The van der Waals surface area contributed by atoms with Crippen LogP contribution < -0.4 is 14.9 Å². The quantitative estimate of drug-likeness (QED) is 0.319. The Morgan fingerprint density at radius 3 is 2.76 bits per heavy atom. The lowest BCUT2D eigenvalue weighted by atomic mass is 10.1. The van der Waals surface area contributed by atoms with Gasteiger partial charge in [-0.15, -0.1) is 0 Å². The monoisotopic (exact) mass is 423 g/mol. The zero-order chi connectivity index (χ0) is 21.1. The molecule has 1 heterocycles. The van der Waals surface area contributed by atoms with Crippen molar-refractivity contribution in [3.8, 4) is 5.75 Å². The summed E-state index contributed by atoms with van der Waals surface area (Å²) in [6.07, 6.45) is 3.84. The van der Waals surface area contributed by atoms with Crippen LogP contribution in [0.25, 0.3) is 0 Å². The Morgan fingerprint density at radius 2 is 2.10 bits per heavy atom. The Kier molecular flexibility index (Phi) is 9.73. The van der Waals surface area contributed by atoms with E-state index in [-0.39, 0.29) is 31.2 Å². The lowest BCUT2D eigenvalue weighted by molar-refractivity contribution is -0.107. The van der Waals surface area contributed by atoms with E-state index in [0.29, 0.717) is 18.5 Å². The summed E-state index contributed by atoms with van der Waals surface area (Å²) < 4.78 is 17.6. The first kappa shape index (κ1) is 23.0. The average Bonchev–Trinajstić information content (AvgIpc) is 3.11. The van der Waals surface area contributed by atoms with Crippen molar-refractivity contribution in [3.63, 3.8) is 0 Å². The van der Waals surface area contributed by atoms with Crippen molar-refractivity contribution in [1.29, 1.82) is 0 Å². The molecule has 1 aromatic carbocycles. The number of nitrogens with one attached hydrogen (secondary N) is 2. The van der Waals surface area contributed by atoms with Gasteiger partial charge >= 0.3 is 14.6 Å². The van der Waals surface area contributed by atoms with E-state index in [4.69, 9.17) is 13.8 Å². The molecule has 2 amide bonds. The number of ether oxygens (including phenoxy) is 1. The number of amides is 2. The van der Waals surface area contributed by atoms with Crippen LogP contribution in [-0.4, -0.2) is 56.0 Å². The molecule has 0 aliphatic carbocycles. The fourth-order valence-electron chi connectivity index (χ4n) is 2.83. The molecule has 1 aromatic rings. The predicted octanol–water partition coefficient (Wildman–Crippen LogP) is 2.20. The van der Waals surface area contributed by atoms with Gasteiger partial charge in [0.15, 0.2) is 0 Å². The first-order chi connectivity index (χ1) is 14.1. The standard InChI is InChI=1S/C19H26N3O6P/c1-15-13-17(27-18(15)22(10-6-11-23)19(25)20-2)14-26-29(21-9-12-24)28-16-7-4-3-5-8-16/h3-8,10-12,15,17-18,21H,9,13-14H2,1-2H3,(H,20,25)/b10-6-. The van der Waals surface area contributed by atoms with Crippen LogP contribution in [0, 0.1) is 5.92 Å². The zero-order valence-electron chi connectivity index (χ0n) is 16.4. The Labute approximate surface area is 171 Å². The second kappa shape index (κ2) is 12.3. The molecule has 0 radical (unpaired) electrons. The van der Waals surface area contributed by atoms with E-state index < -0.39 is 14.8 Å². The third kappa shape index (κ3) is 7.21. The van der Waals surface area contributed by atoms with Gasteiger partial charge in [-0.25, -0.2) is 9.88 Å². The van der Waals surface area contributed by atoms with Crippen LogP contribution in [0.5, 0.6) is 5.75 Å². The largest absolute Gasteiger partial charge is 0.436 e. The van der Waals surface area contributed by atoms with E-state index in [1.165, 1.54) is 24.2 Å². The van der Waals surface area contributed by atoms with Gasteiger partial charge < -0.3 is 23.9 Å². The van der Waals surface area contributed by atoms with Gasteiger partial charge in [0.05, 0.1) is 19.3 Å². The van der Waals surface area contributed by atoms with Crippen molar-refractivity contribution < 1.29 is 28.2 Å². The maximum Gasteiger partial charge on any atom is 0.323 e. The fraction of sp³-hybridized carbons (Fsp3) is 0.421. The van der Waals surface area contributed by atoms with Crippen LogP contribution in [0.1, 0.15) is 13.3 Å². The highest BCUT2D eigenvalue weighted by Crippen LogP contribution is 2.37. The van der Waals surface area contributed by atoms with E-state index in [1.54, 1.807) is 12.1 Å². The van der Waals surface area contributed by atoms with Crippen molar-refractivity contribution in [2.75, 3.05) is 20.2 Å². The summed E-state index contributed by atoms with van der Waals surface area (Å²) in [5.41, 5.74) is 0. The van der Waals surface area contributed by atoms with Gasteiger partial charge in [0, 0.05) is 19.2 Å². The van der Waals surface area contributed by atoms with Gasteiger partial charge in [0.25, 0.3) is 0 Å². The molecule has 29 heavy (non-hydrogen) atoms. The topological polar surface area (TPSA) is 106 Å². The molecule has 1 saturated heterocycles. The minimum atomic E-state index is -1.54. The number of rotatable bonds is 11. The maximum atomic E-state index is 12.1. The maximum absolute atomic E-state index is 12.1. The van der Waals surface area contributed by atoms with Gasteiger partial charge in [-0.1, -0.05) is 25.1 Å². The van der Waals surface area contributed by atoms with E-state index in [1.807, 2.05) is 25.1 Å². The normalized spacial score (nSPS) is 22.2. The lowest BCUT2D eigenvalue weighted by Gasteiger charge is -2.27. The molecule has 2 N–H and O–H groups in total. The van der Waals surface area contributed by atoms with Crippen LogP contribution in [0.4, 0.5) is 4.79 Å². The minimum Gasteiger partial charge on any atom is -0.436 e. The molecule has 4 unspecified atom stereocenters. The molecule has 0 saturated carbocycles. The van der Waals surface area contributed by atoms with E-state index in [0.717, 1.165) is 6.29 Å². The van der Waals surface area contributed by atoms with Gasteiger partial charge in [-0.2, -0.15) is 0 Å². The predicted molar refractivity (Wildman–Crippen MR) is 108 cm³/mol. The Hall–Kier alpha value is -2.32. The van der Waals surface area contributed by atoms with E-state index in [2.05, 4.69) is 10.4 Å². The molecule has 2 rings (SSSR count). The molecule has 1 aliphatic heterocycles. The first-order valence-electron chi connectivity index (χ1n) is 9.19. The number of hydrogen-bond acceptors (Lipinski definition) is 7. The molecule has 9 nitrogen and oxygen atoms in total. The molecular weight excluding hydrogens is 397 g/mol. The zero-order valence-corrected chi connectivity index (χ0v) is 17.3. The summed E-state index contributed by atoms with van der Waals surface area (Å²) in [6, 6.07) is 8.78. The second-order valence-electron chi connectivity index (χ2n) is 6.29. The Morgan fingerprint density at radius 1 is 1.34 bits per heavy atom. The van der Waals surface area contributed by atoms with Gasteiger partial charge in [-0.3, -0.25) is 9.69 Å². The smallest absolute Gasteiger partial charge is 0.323 e. The van der Waals surface area contributed by atoms with E-state index >= 15 is 0 Å². The summed E-state index contributed by atoms with van der Waals surface area (Å²) in [7, 11) is -0.0312. The summed E-state index contributed by atoms with van der Waals surface area (Å²) in [4.78, 5) is 34.8. The minimum absolute atomic E-state index is 0.0291. The van der Waals surface area contributed by atoms with Crippen LogP contribution >= 0.6 is 8.53 Å². The third-order valence-electron chi connectivity index (χ3n) is 4.11. The van der Waals surface area contributed by atoms with Gasteiger partial charge in [0.1, 0.15) is 24.5 Å². The number of urea groups is 1. The average molecular weight is 423 g/mol. The van der Waals surface area contributed by atoms with Gasteiger partial charge in [-0.05, 0) is 24.6 Å². The summed E-state index contributed by atoms with van der Waals surface area (Å²) in [5, 5.41) is 5.45. The number of carbonyl (C=O) groups is 3. The molecule has 0 bridgehead atoms. The van der Waals surface area contributed by atoms with Crippen molar-refractivity contribution >= 4 is 27.1 Å². The molecule has 1 aliphatic rings.